The Kier molecular flexibility index (Phi) is 4.19. The number of rotatable bonds is 1. The number of nitrogens with zero attached hydrogens (tertiary/aromatic N) is 4. The Morgan fingerprint density at radius 2 is 1.59 bits per heavy atom. The minimum absolute atomic E-state index is 0.0480. The van der Waals surface area contributed by atoms with Gasteiger partial charge in [-0.15, -0.1) is 0 Å². The number of fused-ring (bicyclic) bond motifs is 3. The Bertz CT molecular complexity index is 994. The van der Waals surface area contributed by atoms with E-state index >= 15 is 0 Å². The summed E-state index contributed by atoms with van der Waals surface area (Å²) in [4.78, 5) is 0. The molecule has 0 fully saturated rings. The molecule has 132 valence electrons. The molecule has 0 aliphatic heterocycles. The molecule has 0 amide bonds. The Morgan fingerprint density at radius 1 is 0.963 bits per heavy atom. The van der Waals surface area contributed by atoms with Crippen molar-refractivity contribution in [3.8, 4) is 24.3 Å². The number of nitriles is 4. The van der Waals surface area contributed by atoms with Crippen LogP contribution >= 0.6 is 0 Å². The third kappa shape index (κ3) is 2.54. The lowest BCUT2D eigenvalue weighted by Gasteiger charge is -2.46. The SMILES string of the molecule is CC(C)(C)CC1=C2C=Cc3ccccc3C2C(C#N)(C#N)C(C#N)(C#N)C1. The first-order valence-corrected chi connectivity index (χ1v) is 8.91. The maximum Gasteiger partial charge on any atom is 0.186 e. The second-order valence-corrected chi connectivity index (χ2v) is 8.53. The van der Waals surface area contributed by atoms with Crippen LogP contribution in [0.1, 0.15) is 50.7 Å². The van der Waals surface area contributed by atoms with Crippen LogP contribution in [0, 0.1) is 61.6 Å². The van der Waals surface area contributed by atoms with Gasteiger partial charge < -0.3 is 0 Å². The molecule has 0 saturated heterocycles. The van der Waals surface area contributed by atoms with Gasteiger partial charge in [-0.05, 0) is 28.5 Å². The molecule has 0 N–H and O–H groups in total. The molecule has 0 saturated carbocycles. The summed E-state index contributed by atoms with van der Waals surface area (Å²) in [6.45, 7) is 6.31. The molecule has 1 unspecified atom stereocenters. The molecule has 27 heavy (non-hydrogen) atoms. The van der Waals surface area contributed by atoms with E-state index in [0.717, 1.165) is 22.3 Å². The highest BCUT2D eigenvalue weighted by molar-refractivity contribution is 5.69. The van der Waals surface area contributed by atoms with Crippen LogP contribution in [0.15, 0.2) is 41.5 Å². The van der Waals surface area contributed by atoms with Crippen LogP contribution in [0.4, 0.5) is 0 Å². The summed E-state index contributed by atoms with van der Waals surface area (Å²) in [5.41, 5.74) is 0.142. The Morgan fingerprint density at radius 3 is 2.15 bits per heavy atom. The van der Waals surface area contributed by atoms with Gasteiger partial charge in [0.1, 0.15) is 0 Å². The van der Waals surface area contributed by atoms with Gasteiger partial charge in [-0.2, -0.15) is 21.0 Å². The van der Waals surface area contributed by atoms with Crippen molar-refractivity contribution in [2.75, 3.05) is 0 Å². The average molecular weight is 352 g/mol. The van der Waals surface area contributed by atoms with Crippen molar-refractivity contribution in [1.29, 1.82) is 21.0 Å². The number of benzene rings is 1. The van der Waals surface area contributed by atoms with Crippen LogP contribution in [-0.2, 0) is 0 Å². The van der Waals surface area contributed by atoms with Crippen molar-refractivity contribution in [3.05, 3.63) is 52.6 Å². The zero-order valence-corrected chi connectivity index (χ0v) is 15.7. The fraction of sp³-hybridized carbons (Fsp3) is 0.391. The Labute approximate surface area is 160 Å². The third-order valence-electron chi connectivity index (χ3n) is 5.53. The predicted molar refractivity (Wildman–Crippen MR) is 101 cm³/mol. The van der Waals surface area contributed by atoms with Gasteiger partial charge in [-0.1, -0.05) is 62.8 Å². The quantitative estimate of drug-likeness (QED) is 0.710. The van der Waals surface area contributed by atoms with E-state index in [1.54, 1.807) is 0 Å². The van der Waals surface area contributed by atoms with Crippen LogP contribution in [0.3, 0.4) is 0 Å². The van der Waals surface area contributed by atoms with Gasteiger partial charge in [-0.3, -0.25) is 0 Å². The van der Waals surface area contributed by atoms with Gasteiger partial charge in [0.15, 0.2) is 10.8 Å². The Balaban J connectivity index is 2.41. The van der Waals surface area contributed by atoms with Crippen molar-refractivity contribution in [2.24, 2.45) is 16.2 Å². The summed E-state index contributed by atoms with van der Waals surface area (Å²) in [6.07, 6.45) is 4.78. The molecule has 2 aliphatic carbocycles. The van der Waals surface area contributed by atoms with Crippen molar-refractivity contribution < 1.29 is 0 Å². The van der Waals surface area contributed by atoms with Crippen molar-refractivity contribution >= 4 is 6.08 Å². The average Bonchev–Trinajstić information content (AvgIpc) is 2.66. The second-order valence-electron chi connectivity index (χ2n) is 8.53. The molecule has 0 radical (unpaired) electrons. The van der Waals surface area contributed by atoms with Gasteiger partial charge in [0, 0.05) is 12.3 Å². The molecule has 2 aliphatic rings. The first-order valence-electron chi connectivity index (χ1n) is 8.91. The topological polar surface area (TPSA) is 95.2 Å². The third-order valence-corrected chi connectivity index (χ3v) is 5.53. The summed E-state index contributed by atoms with van der Waals surface area (Å²) >= 11 is 0. The van der Waals surface area contributed by atoms with Crippen LogP contribution < -0.4 is 0 Å². The van der Waals surface area contributed by atoms with Crippen LogP contribution in [-0.4, -0.2) is 0 Å². The van der Waals surface area contributed by atoms with Crippen molar-refractivity contribution in [1.82, 2.24) is 0 Å². The molecule has 0 heterocycles. The van der Waals surface area contributed by atoms with E-state index in [1.807, 2.05) is 36.4 Å². The first kappa shape index (κ1) is 18.5. The highest BCUT2D eigenvalue weighted by Crippen LogP contribution is 2.61. The van der Waals surface area contributed by atoms with Gasteiger partial charge in [0.25, 0.3) is 0 Å². The molecule has 0 spiro atoms. The van der Waals surface area contributed by atoms with Crippen LogP contribution in [0.25, 0.3) is 6.08 Å². The molecule has 0 aromatic heterocycles. The zero-order chi connectivity index (χ0) is 19.9. The minimum Gasteiger partial charge on any atom is -0.196 e. The highest BCUT2D eigenvalue weighted by atomic mass is 14.6. The minimum atomic E-state index is -1.76. The van der Waals surface area contributed by atoms with E-state index in [1.165, 1.54) is 0 Å². The van der Waals surface area contributed by atoms with Gasteiger partial charge >= 0.3 is 0 Å². The summed E-state index contributed by atoms with van der Waals surface area (Å²) < 4.78 is 0. The predicted octanol–water partition coefficient (Wildman–Crippen LogP) is 5.00. The van der Waals surface area contributed by atoms with Crippen molar-refractivity contribution in [2.45, 2.75) is 39.5 Å². The normalized spacial score (nSPS) is 21.7. The van der Waals surface area contributed by atoms with Crippen molar-refractivity contribution in [3.63, 3.8) is 0 Å². The van der Waals surface area contributed by atoms with E-state index in [0.29, 0.717) is 6.42 Å². The molecule has 0 bridgehead atoms. The number of hydrogen-bond acceptors (Lipinski definition) is 4. The van der Waals surface area contributed by atoms with E-state index in [9.17, 15) is 21.0 Å². The fourth-order valence-electron chi connectivity index (χ4n) is 4.40. The maximum absolute atomic E-state index is 10.1. The van der Waals surface area contributed by atoms with Gasteiger partial charge in [-0.25, -0.2) is 0 Å². The standard InChI is InChI=1S/C23H20N4/c1-21(2,3)10-17-11-22(12-24,13-25)23(14-26,15-27)20-18-7-5-4-6-16(18)8-9-19(17)20/h4-9,20H,10-11H2,1-3H3. The summed E-state index contributed by atoms with van der Waals surface area (Å²) in [5, 5.41) is 40.2. The molecule has 1 aromatic rings. The van der Waals surface area contributed by atoms with E-state index in [2.05, 4.69) is 45.0 Å². The molecule has 3 rings (SSSR count). The molecular weight excluding hydrogens is 332 g/mol. The Hall–Kier alpha value is -3.34. The lowest BCUT2D eigenvalue weighted by molar-refractivity contribution is 0.232. The smallest absolute Gasteiger partial charge is 0.186 e. The lowest BCUT2D eigenvalue weighted by atomic mass is 9.49. The number of allylic oxidation sites excluding steroid dienone is 3. The van der Waals surface area contributed by atoms with Crippen LogP contribution in [0.2, 0.25) is 0 Å². The molecule has 1 atom stereocenters. The first-order chi connectivity index (χ1) is 12.8. The van der Waals surface area contributed by atoms with E-state index < -0.39 is 16.7 Å². The number of hydrogen-bond donors (Lipinski definition) is 0. The van der Waals surface area contributed by atoms with E-state index in [4.69, 9.17) is 0 Å². The largest absolute Gasteiger partial charge is 0.196 e. The van der Waals surface area contributed by atoms with Gasteiger partial charge in [0.2, 0.25) is 0 Å². The lowest BCUT2D eigenvalue weighted by Crippen LogP contribution is -2.47. The molecule has 4 heteroatoms. The molecular formula is C23H20N4. The molecule has 4 nitrogen and oxygen atoms in total. The second kappa shape index (κ2) is 6.13. The zero-order valence-electron chi connectivity index (χ0n) is 15.7. The maximum atomic E-state index is 10.1. The summed E-state index contributed by atoms with van der Waals surface area (Å²) in [5.74, 6) is -0.612. The monoisotopic (exact) mass is 352 g/mol. The fourth-order valence-corrected chi connectivity index (χ4v) is 4.40. The summed E-state index contributed by atoms with van der Waals surface area (Å²) in [7, 11) is 0. The highest BCUT2D eigenvalue weighted by Gasteiger charge is 2.63. The van der Waals surface area contributed by atoms with E-state index in [-0.39, 0.29) is 11.8 Å². The summed E-state index contributed by atoms with van der Waals surface area (Å²) in [6, 6.07) is 16.0. The molecule has 1 aromatic carbocycles. The van der Waals surface area contributed by atoms with Gasteiger partial charge in [0.05, 0.1) is 24.3 Å². The van der Waals surface area contributed by atoms with Crippen LogP contribution in [0.5, 0.6) is 0 Å².